The molecule has 2 unspecified atom stereocenters. The summed E-state index contributed by atoms with van der Waals surface area (Å²) in [6.45, 7) is 1.97. The highest BCUT2D eigenvalue weighted by molar-refractivity contribution is 5.94. The Morgan fingerprint density at radius 1 is 1.38 bits per heavy atom. The molecule has 1 fully saturated rings. The molecular weight excluding hydrogens is 206 g/mol. The van der Waals surface area contributed by atoms with Crippen molar-refractivity contribution >= 4 is 11.6 Å². The van der Waals surface area contributed by atoms with Crippen LogP contribution in [0.25, 0.3) is 0 Å². The minimum Gasteiger partial charge on any atom is -0.508 e. The number of anilines is 1. The van der Waals surface area contributed by atoms with Crippen LogP contribution < -0.4 is 5.32 Å². The summed E-state index contributed by atoms with van der Waals surface area (Å²) in [5.74, 6) is 0.0683. The molecule has 86 valence electrons. The van der Waals surface area contributed by atoms with E-state index in [0.29, 0.717) is 5.69 Å². The number of nitrogens with one attached hydrogen (secondary N) is 1. The molecular formula is C12H15NO3. The monoisotopic (exact) mass is 221 g/mol. The highest BCUT2D eigenvalue weighted by Crippen LogP contribution is 2.21. The lowest BCUT2D eigenvalue weighted by atomic mass is 10.2. The van der Waals surface area contributed by atoms with Crippen molar-refractivity contribution in [2.45, 2.75) is 32.0 Å². The third-order valence-electron chi connectivity index (χ3n) is 2.66. The number of phenols is 1. The Bertz CT molecular complexity index is 374. The van der Waals surface area contributed by atoms with Crippen molar-refractivity contribution < 1.29 is 14.6 Å². The quantitative estimate of drug-likeness (QED) is 0.750. The Balaban J connectivity index is 1.94. The van der Waals surface area contributed by atoms with E-state index in [0.717, 1.165) is 12.8 Å². The van der Waals surface area contributed by atoms with Crippen LogP contribution in [-0.4, -0.2) is 23.2 Å². The minimum absolute atomic E-state index is 0.116. The largest absolute Gasteiger partial charge is 0.508 e. The second-order valence-corrected chi connectivity index (χ2v) is 4.05. The van der Waals surface area contributed by atoms with E-state index in [4.69, 9.17) is 9.84 Å². The molecule has 1 aromatic carbocycles. The van der Waals surface area contributed by atoms with Gasteiger partial charge >= 0.3 is 0 Å². The molecule has 1 aliphatic heterocycles. The molecule has 0 aliphatic carbocycles. The lowest BCUT2D eigenvalue weighted by Gasteiger charge is -2.11. The zero-order valence-electron chi connectivity index (χ0n) is 9.14. The molecule has 1 saturated heterocycles. The maximum atomic E-state index is 11.7. The number of aromatic hydroxyl groups is 1. The van der Waals surface area contributed by atoms with Gasteiger partial charge in [-0.05, 0) is 44.0 Å². The van der Waals surface area contributed by atoms with Crippen LogP contribution >= 0.6 is 0 Å². The summed E-state index contributed by atoms with van der Waals surface area (Å²) in [4.78, 5) is 11.7. The Hall–Kier alpha value is -1.55. The van der Waals surface area contributed by atoms with E-state index in [9.17, 15) is 4.79 Å². The Morgan fingerprint density at radius 3 is 2.62 bits per heavy atom. The van der Waals surface area contributed by atoms with Crippen LogP contribution in [-0.2, 0) is 9.53 Å². The number of carbonyl (C=O) groups is 1. The fourth-order valence-electron chi connectivity index (χ4n) is 1.76. The molecule has 1 aliphatic rings. The van der Waals surface area contributed by atoms with Gasteiger partial charge in [-0.2, -0.15) is 0 Å². The van der Waals surface area contributed by atoms with Crippen LogP contribution in [0, 0.1) is 0 Å². The smallest absolute Gasteiger partial charge is 0.253 e. The number of rotatable bonds is 2. The highest BCUT2D eigenvalue weighted by atomic mass is 16.5. The van der Waals surface area contributed by atoms with Gasteiger partial charge in [-0.25, -0.2) is 0 Å². The van der Waals surface area contributed by atoms with E-state index in [1.165, 1.54) is 12.1 Å². The van der Waals surface area contributed by atoms with Crippen LogP contribution in [0.4, 0.5) is 5.69 Å². The predicted octanol–water partition coefficient (Wildman–Crippen LogP) is 1.90. The summed E-state index contributed by atoms with van der Waals surface area (Å²) in [7, 11) is 0. The molecule has 0 bridgehead atoms. The maximum absolute atomic E-state index is 11.7. The topological polar surface area (TPSA) is 58.6 Å². The van der Waals surface area contributed by atoms with Crippen LogP contribution in [0.1, 0.15) is 19.8 Å². The maximum Gasteiger partial charge on any atom is 0.253 e. The number of hydrogen-bond donors (Lipinski definition) is 2. The summed E-state index contributed by atoms with van der Waals surface area (Å²) >= 11 is 0. The zero-order valence-corrected chi connectivity index (χ0v) is 9.14. The van der Waals surface area contributed by atoms with Gasteiger partial charge in [0, 0.05) is 5.69 Å². The molecule has 2 rings (SSSR count). The predicted molar refractivity (Wildman–Crippen MR) is 60.3 cm³/mol. The Kier molecular flexibility index (Phi) is 3.10. The summed E-state index contributed by atoms with van der Waals surface area (Å²) in [6.07, 6.45) is 1.51. The first-order valence-electron chi connectivity index (χ1n) is 5.40. The van der Waals surface area contributed by atoms with Crippen molar-refractivity contribution in [1.82, 2.24) is 0 Å². The van der Waals surface area contributed by atoms with Crippen molar-refractivity contribution in [1.29, 1.82) is 0 Å². The number of hydrogen-bond acceptors (Lipinski definition) is 3. The fraction of sp³-hybridized carbons (Fsp3) is 0.417. The van der Waals surface area contributed by atoms with E-state index in [-0.39, 0.29) is 23.9 Å². The molecule has 1 heterocycles. The SMILES string of the molecule is CC1CCC(C(=O)Nc2ccc(O)cc2)O1. The van der Waals surface area contributed by atoms with Gasteiger partial charge in [0.2, 0.25) is 0 Å². The van der Waals surface area contributed by atoms with Crippen molar-refractivity contribution in [2.24, 2.45) is 0 Å². The first kappa shape index (κ1) is 11.0. The normalized spacial score (nSPS) is 24.3. The average molecular weight is 221 g/mol. The number of carbonyl (C=O) groups excluding carboxylic acids is 1. The molecule has 16 heavy (non-hydrogen) atoms. The number of amides is 1. The Morgan fingerprint density at radius 2 is 2.06 bits per heavy atom. The van der Waals surface area contributed by atoms with Crippen LogP contribution in [0.5, 0.6) is 5.75 Å². The van der Waals surface area contributed by atoms with Crippen molar-refractivity contribution in [3.63, 3.8) is 0 Å². The minimum atomic E-state index is -0.344. The molecule has 0 radical (unpaired) electrons. The molecule has 1 amide bonds. The highest BCUT2D eigenvalue weighted by Gasteiger charge is 2.27. The lowest BCUT2D eigenvalue weighted by Crippen LogP contribution is -2.27. The zero-order chi connectivity index (χ0) is 11.5. The standard InChI is InChI=1S/C12H15NO3/c1-8-2-7-11(16-8)12(15)13-9-3-5-10(14)6-4-9/h3-6,8,11,14H,2,7H2,1H3,(H,13,15). The molecule has 0 spiro atoms. The molecule has 2 atom stereocenters. The van der Waals surface area contributed by atoms with Gasteiger partial charge in [-0.15, -0.1) is 0 Å². The fourth-order valence-corrected chi connectivity index (χ4v) is 1.76. The van der Waals surface area contributed by atoms with Crippen molar-refractivity contribution in [3.05, 3.63) is 24.3 Å². The van der Waals surface area contributed by atoms with E-state index in [2.05, 4.69) is 5.32 Å². The number of ether oxygens (including phenoxy) is 1. The summed E-state index contributed by atoms with van der Waals surface area (Å²) in [5, 5.41) is 11.9. The van der Waals surface area contributed by atoms with Gasteiger partial charge in [0.05, 0.1) is 6.10 Å². The Labute approximate surface area is 94.2 Å². The van der Waals surface area contributed by atoms with Crippen LogP contribution in [0.2, 0.25) is 0 Å². The summed E-state index contributed by atoms with van der Waals surface area (Å²) < 4.78 is 5.46. The van der Waals surface area contributed by atoms with Crippen LogP contribution in [0.3, 0.4) is 0 Å². The first-order valence-corrected chi connectivity index (χ1v) is 5.40. The van der Waals surface area contributed by atoms with E-state index in [1.807, 2.05) is 6.92 Å². The molecule has 2 N–H and O–H groups in total. The molecule has 0 saturated carbocycles. The van der Waals surface area contributed by atoms with Gasteiger partial charge in [0.25, 0.3) is 5.91 Å². The molecule has 1 aromatic rings. The van der Waals surface area contributed by atoms with E-state index < -0.39 is 0 Å². The van der Waals surface area contributed by atoms with Gasteiger partial charge in [0.15, 0.2) is 0 Å². The van der Waals surface area contributed by atoms with Crippen molar-refractivity contribution in [2.75, 3.05) is 5.32 Å². The first-order chi connectivity index (χ1) is 7.65. The van der Waals surface area contributed by atoms with Gasteiger partial charge in [-0.1, -0.05) is 0 Å². The average Bonchev–Trinajstić information content (AvgIpc) is 2.68. The third-order valence-corrected chi connectivity index (χ3v) is 2.66. The van der Waals surface area contributed by atoms with Gasteiger partial charge < -0.3 is 15.2 Å². The van der Waals surface area contributed by atoms with Crippen LogP contribution in [0.15, 0.2) is 24.3 Å². The van der Waals surface area contributed by atoms with E-state index >= 15 is 0 Å². The molecule has 4 nitrogen and oxygen atoms in total. The molecule has 0 aromatic heterocycles. The summed E-state index contributed by atoms with van der Waals surface area (Å²) in [5.41, 5.74) is 0.672. The number of benzene rings is 1. The van der Waals surface area contributed by atoms with Crippen molar-refractivity contribution in [3.8, 4) is 5.75 Å². The van der Waals surface area contributed by atoms with Gasteiger partial charge in [0.1, 0.15) is 11.9 Å². The molecule has 4 heteroatoms. The lowest BCUT2D eigenvalue weighted by molar-refractivity contribution is -0.126. The number of phenolic OH excluding ortho intramolecular Hbond substituents is 1. The van der Waals surface area contributed by atoms with E-state index in [1.54, 1.807) is 12.1 Å². The summed E-state index contributed by atoms with van der Waals surface area (Å²) in [6, 6.07) is 6.39. The third kappa shape index (κ3) is 2.52. The second-order valence-electron chi connectivity index (χ2n) is 4.05. The van der Waals surface area contributed by atoms with Gasteiger partial charge in [-0.3, -0.25) is 4.79 Å². The second kappa shape index (κ2) is 4.53.